The average Bonchev–Trinajstić information content (AvgIpc) is 2.90. The average molecular weight is 279 g/mol. The maximum atomic E-state index is 12.5. The Morgan fingerprint density at radius 2 is 1.81 bits per heavy atom. The zero-order valence-electron chi connectivity index (χ0n) is 9.21. The number of fused-ring (bicyclic) bond motifs is 2. The lowest BCUT2D eigenvalue weighted by Crippen LogP contribution is -2.26. The molecule has 2 bridgehead atoms. The van der Waals surface area contributed by atoms with Gasteiger partial charge in [0.25, 0.3) is 0 Å². The van der Waals surface area contributed by atoms with E-state index in [9.17, 15) is 4.79 Å². The summed E-state index contributed by atoms with van der Waals surface area (Å²) in [6.07, 6.45) is 5.91. The Balaban J connectivity index is 1.90. The van der Waals surface area contributed by atoms with Crippen LogP contribution in [0.2, 0.25) is 0 Å². The van der Waals surface area contributed by atoms with Crippen LogP contribution in [0, 0.1) is 11.3 Å². The molecule has 1 aromatic rings. The van der Waals surface area contributed by atoms with Gasteiger partial charge in [0.15, 0.2) is 5.78 Å². The van der Waals surface area contributed by atoms with Gasteiger partial charge in [0.05, 0.1) is 0 Å². The molecule has 2 aliphatic rings. The van der Waals surface area contributed by atoms with Crippen molar-refractivity contribution in [2.75, 3.05) is 0 Å². The van der Waals surface area contributed by atoms with Gasteiger partial charge in [-0.25, -0.2) is 0 Å². The van der Waals surface area contributed by atoms with Crippen molar-refractivity contribution in [3.8, 4) is 0 Å². The molecule has 0 saturated heterocycles. The first-order valence-electron chi connectivity index (χ1n) is 6.00. The fourth-order valence-electron chi connectivity index (χ4n) is 3.42. The van der Waals surface area contributed by atoms with Crippen molar-refractivity contribution < 1.29 is 4.79 Å². The SMILES string of the molecule is O=C(c1ccc(Br)cc1)C12CCC(CC1)C2. The van der Waals surface area contributed by atoms with Crippen LogP contribution in [0.3, 0.4) is 0 Å². The summed E-state index contributed by atoms with van der Waals surface area (Å²) in [5.41, 5.74) is 0.907. The first kappa shape index (κ1) is 10.5. The van der Waals surface area contributed by atoms with Gasteiger partial charge in [-0.1, -0.05) is 28.1 Å². The van der Waals surface area contributed by atoms with Crippen LogP contribution < -0.4 is 0 Å². The largest absolute Gasteiger partial charge is 0.294 e. The monoisotopic (exact) mass is 278 g/mol. The maximum Gasteiger partial charge on any atom is 0.169 e. The van der Waals surface area contributed by atoms with Crippen molar-refractivity contribution in [3.05, 3.63) is 34.3 Å². The number of carbonyl (C=O) groups excluding carboxylic acids is 1. The number of ketones is 1. The van der Waals surface area contributed by atoms with E-state index >= 15 is 0 Å². The Bertz CT molecular complexity index is 413. The highest BCUT2D eigenvalue weighted by Gasteiger charge is 2.49. The number of rotatable bonds is 2. The number of benzene rings is 1. The maximum absolute atomic E-state index is 12.5. The van der Waals surface area contributed by atoms with Crippen LogP contribution in [-0.2, 0) is 0 Å². The number of hydrogen-bond acceptors (Lipinski definition) is 1. The Hall–Kier alpha value is -0.630. The molecule has 3 rings (SSSR count). The molecule has 0 spiro atoms. The van der Waals surface area contributed by atoms with Crippen LogP contribution in [0.5, 0.6) is 0 Å². The third-order valence-corrected chi connectivity index (χ3v) is 4.86. The minimum absolute atomic E-state index is 0.0124. The smallest absolute Gasteiger partial charge is 0.169 e. The first-order valence-corrected chi connectivity index (χ1v) is 6.79. The second kappa shape index (κ2) is 3.69. The van der Waals surface area contributed by atoms with E-state index in [2.05, 4.69) is 15.9 Å². The van der Waals surface area contributed by atoms with Gasteiger partial charge < -0.3 is 0 Å². The molecule has 2 fully saturated rings. The summed E-state index contributed by atoms with van der Waals surface area (Å²) in [6, 6.07) is 7.83. The minimum atomic E-state index is 0.0124. The lowest BCUT2D eigenvalue weighted by molar-refractivity contribution is 0.0803. The summed E-state index contributed by atoms with van der Waals surface area (Å²) in [7, 11) is 0. The molecule has 0 N–H and O–H groups in total. The zero-order chi connectivity index (χ0) is 11.2. The molecular formula is C14H15BrO. The van der Waals surface area contributed by atoms with Crippen molar-refractivity contribution in [3.63, 3.8) is 0 Å². The molecule has 0 aromatic heterocycles. The molecule has 0 radical (unpaired) electrons. The zero-order valence-corrected chi connectivity index (χ0v) is 10.8. The van der Waals surface area contributed by atoms with Crippen LogP contribution in [0.4, 0.5) is 0 Å². The lowest BCUT2D eigenvalue weighted by Gasteiger charge is -2.24. The van der Waals surface area contributed by atoms with E-state index in [0.29, 0.717) is 5.78 Å². The van der Waals surface area contributed by atoms with Crippen molar-refractivity contribution in [2.24, 2.45) is 11.3 Å². The number of hydrogen-bond donors (Lipinski definition) is 0. The van der Waals surface area contributed by atoms with Crippen LogP contribution in [0.1, 0.15) is 42.5 Å². The molecule has 2 saturated carbocycles. The third-order valence-electron chi connectivity index (χ3n) is 4.33. The highest BCUT2D eigenvalue weighted by atomic mass is 79.9. The summed E-state index contributed by atoms with van der Waals surface area (Å²) in [5, 5.41) is 0. The Morgan fingerprint density at radius 1 is 1.19 bits per heavy atom. The summed E-state index contributed by atoms with van der Waals surface area (Å²) in [6.45, 7) is 0. The van der Waals surface area contributed by atoms with Gasteiger partial charge in [0.2, 0.25) is 0 Å². The normalized spacial score (nSPS) is 31.9. The van der Waals surface area contributed by atoms with Crippen LogP contribution in [0.15, 0.2) is 28.7 Å². The second-order valence-electron chi connectivity index (χ2n) is 5.26. The molecule has 1 aromatic carbocycles. The van der Waals surface area contributed by atoms with Crippen LogP contribution in [-0.4, -0.2) is 5.78 Å². The molecule has 0 amide bonds. The Labute approximate surface area is 104 Å². The minimum Gasteiger partial charge on any atom is -0.294 e. The molecule has 2 aliphatic carbocycles. The van der Waals surface area contributed by atoms with E-state index in [4.69, 9.17) is 0 Å². The highest BCUT2D eigenvalue weighted by Crippen LogP contribution is 2.55. The fourth-order valence-corrected chi connectivity index (χ4v) is 3.68. The van der Waals surface area contributed by atoms with Gasteiger partial charge in [0.1, 0.15) is 0 Å². The van der Waals surface area contributed by atoms with Gasteiger partial charge in [-0.05, 0) is 50.2 Å². The van der Waals surface area contributed by atoms with Gasteiger partial charge in [-0.15, -0.1) is 0 Å². The molecule has 2 heteroatoms. The van der Waals surface area contributed by atoms with Crippen molar-refractivity contribution in [2.45, 2.75) is 32.1 Å². The van der Waals surface area contributed by atoms with E-state index < -0.39 is 0 Å². The first-order chi connectivity index (χ1) is 7.70. The molecular weight excluding hydrogens is 264 g/mol. The summed E-state index contributed by atoms with van der Waals surface area (Å²) >= 11 is 3.41. The van der Waals surface area contributed by atoms with E-state index in [1.165, 1.54) is 12.8 Å². The summed E-state index contributed by atoms with van der Waals surface area (Å²) in [4.78, 5) is 12.5. The number of halogens is 1. The molecule has 84 valence electrons. The quantitative estimate of drug-likeness (QED) is 0.741. The van der Waals surface area contributed by atoms with Crippen molar-refractivity contribution in [1.29, 1.82) is 0 Å². The molecule has 0 heterocycles. The highest BCUT2D eigenvalue weighted by molar-refractivity contribution is 9.10. The van der Waals surface area contributed by atoms with Gasteiger partial charge in [0, 0.05) is 15.5 Å². The summed E-state index contributed by atoms with van der Waals surface area (Å²) in [5.74, 6) is 1.22. The van der Waals surface area contributed by atoms with E-state index in [0.717, 1.165) is 35.2 Å². The number of Topliss-reactive ketones (excluding diaryl/α,β-unsaturated/α-hetero) is 1. The van der Waals surface area contributed by atoms with Crippen LogP contribution in [0.25, 0.3) is 0 Å². The molecule has 1 nitrogen and oxygen atoms in total. The van der Waals surface area contributed by atoms with Crippen molar-refractivity contribution >= 4 is 21.7 Å². The topological polar surface area (TPSA) is 17.1 Å². The van der Waals surface area contributed by atoms with Crippen LogP contribution >= 0.6 is 15.9 Å². The van der Waals surface area contributed by atoms with E-state index in [1.807, 2.05) is 24.3 Å². The summed E-state index contributed by atoms with van der Waals surface area (Å²) < 4.78 is 1.04. The predicted molar refractivity (Wildman–Crippen MR) is 67.5 cm³/mol. The standard InChI is InChI=1S/C14H15BrO/c15-12-3-1-11(2-4-12)13(16)14-7-5-10(9-14)6-8-14/h1-4,10H,5-9H2. The van der Waals surface area contributed by atoms with Gasteiger partial charge in [-0.3, -0.25) is 4.79 Å². The van der Waals surface area contributed by atoms with Gasteiger partial charge in [-0.2, -0.15) is 0 Å². The Kier molecular flexibility index (Phi) is 2.43. The second-order valence-corrected chi connectivity index (χ2v) is 6.18. The molecule has 0 aliphatic heterocycles. The Morgan fingerprint density at radius 3 is 2.31 bits per heavy atom. The van der Waals surface area contributed by atoms with Crippen molar-refractivity contribution in [1.82, 2.24) is 0 Å². The van der Waals surface area contributed by atoms with E-state index in [1.54, 1.807) is 0 Å². The van der Waals surface area contributed by atoms with Gasteiger partial charge >= 0.3 is 0 Å². The predicted octanol–water partition coefficient (Wildman–Crippen LogP) is 4.21. The molecule has 0 unspecified atom stereocenters. The number of carbonyl (C=O) groups is 1. The fraction of sp³-hybridized carbons (Fsp3) is 0.500. The lowest BCUT2D eigenvalue weighted by atomic mass is 9.78. The molecule has 16 heavy (non-hydrogen) atoms. The molecule has 0 atom stereocenters. The third kappa shape index (κ3) is 1.55. The van der Waals surface area contributed by atoms with E-state index in [-0.39, 0.29) is 5.41 Å².